The lowest BCUT2D eigenvalue weighted by molar-refractivity contribution is 0.626. The van der Waals surface area contributed by atoms with Gasteiger partial charge in [0.05, 0.1) is 34.9 Å². The van der Waals surface area contributed by atoms with Gasteiger partial charge in [-0.2, -0.15) is 10.5 Å². The van der Waals surface area contributed by atoms with Crippen LogP contribution < -0.4 is 10.6 Å². The Morgan fingerprint density at radius 2 is 1.68 bits per heavy atom. The number of nitrogens with zero attached hydrogens (tertiary/aromatic N) is 3. The number of hydrogen-bond donors (Lipinski definition) is 1. The van der Waals surface area contributed by atoms with Crippen LogP contribution in [-0.4, -0.2) is 0 Å². The summed E-state index contributed by atoms with van der Waals surface area (Å²) in [5.41, 5.74) is 8.58. The maximum Gasteiger partial charge on any atom is 0.123 e. The van der Waals surface area contributed by atoms with E-state index in [2.05, 4.69) is 12.1 Å². The van der Waals surface area contributed by atoms with Crippen LogP contribution in [0.15, 0.2) is 75.4 Å². The summed E-state index contributed by atoms with van der Waals surface area (Å²) in [4.78, 5) is 2.74. The van der Waals surface area contributed by atoms with Gasteiger partial charge in [-0.05, 0) is 29.8 Å². The normalized spacial score (nSPS) is 18.5. The fraction of sp³-hybridized carbons (Fsp3) is 0.0526. The first-order valence-corrected chi connectivity index (χ1v) is 8.34. The van der Waals surface area contributed by atoms with Crippen molar-refractivity contribution in [2.45, 2.75) is 10.8 Å². The van der Waals surface area contributed by atoms with Gasteiger partial charge in [-0.3, -0.25) is 4.90 Å². The van der Waals surface area contributed by atoms with E-state index in [0.717, 1.165) is 10.6 Å². The Bertz CT molecular complexity index is 1020. The summed E-state index contributed by atoms with van der Waals surface area (Å²) in [5.74, 6) is -0.655. The Morgan fingerprint density at radius 3 is 2.36 bits per heavy atom. The minimum atomic E-state index is -0.594. The molecule has 25 heavy (non-hydrogen) atoms. The highest BCUT2D eigenvalue weighted by Crippen LogP contribution is 2.54. The lowest BCUT2D eigenvalue weighted by Gasteiger charge is -2.31. The van der Waals surface area contributed by atoms with E-state index in [-0.39, 0.29) is 5.82 Å². The fourth-order valence-corrected chi connectivity index (χ4v) is 4.34. The number of para-hydroxylation sites is 1. The van der Waals surface area contributed by atoms with Crippen molar-refractivity contribution in [2.75, 3.05) is 4.90 Å². The van der Waals surface area contributed by atoms with E-state index in [9.17, 15) is 14.9 Å². The lowest BCUT2D eigenvalue weighted by atomic mass is 9.83. The SMILES string of the molecule is N#CC1=C(N)N2C(=C(C#N)C1c1ccc(F)cc1)Sc1ccccc12. The van der Waals surface area contributed by atoms with Crippen molar-refractivity contribution in [2.24, 2.45) is 5.73 Å². The number of nitriles is 2. The van der Waals surface area contributed by atoms with Crippen molar-refractivity contribution in [3.8, 4) is 12.1 Å². The predicted molar refractivity (Wildman–Crippen MR) is 93.4 cm³/mol. The van der Waals surface area contributed by atoms with Gasteiger partial charge in [0.15, 0.2) is 0 Å². The molecule has 6 heteroatoms. The quantitative estimate of drug-likeness (QED) is 0.845. The zero-order valence-corrected chi connectivity index (χ0v) is 13.7. The maximum atomic E-state index is 13.3. The van der Waals surface area contributed by atoms with Gasteiger partial charge in [0.2, 0.25) is 0 Å². The standard InChI is InChI=1S/C19H11FN4S/c20-12-7-5-11(6-8-12)17-13(9-21)18(23)24-15-3-1-2-4-16(15)25-19(24)14(17)10-22/h1-8,17H,23H2. The monoisotopic (exact) mass is 346 g/mol. The van der Waals surface area contributed by atoms with Gasteiger partial charge in [0.25, 0.3) is 0 Å². The summed E-state index contributed by atoms with van der Waals surface area (Å²) in [6, 6.07) is 17.9. The van der Waals surface area contributed by atoms with Gasteiger partial charge in [-0.15, -0.1) is 0 Å². The molecule has 0 fully saturated rings. The zero-order chi connectivity index (χ0) is 17.6. The molecule has 0 amide bonds. The van der Waals surface area contributed by atoms with Crippen LogP contribution >= 0.6 is 11.8 Å². The Hall–Kier alpha value is -3.22. The first-order valence-electron chi connectivity index (χ1n) is 7.52. The molecule has 0 saturated carbocycles. The van der Waals surface area contributed by atoms with Crippen LogP contribution in [0.2, 0.25) is 0 Å². The van der Waals surface area contributed by atoms with Crippen molar-refractivity contribution >= 4 is 17.4 Å². The number of fused-ring (bicyclic) bond motifs is 3. The molecule has 4 rings (SSSR count). The van der Waals surface area contributed by atoms with Crippen LogP contribution in [0.4, 0.5) is 10.1 Å². The summed E-state index contributed by atoms with van der Waals surface area (Å²) in [6.07, 6.45) is 0. The molecule has 2 heterocycles. The van der Waals surface area contributed by atoms with Gasteiger partial charge < -0.3 is 5.73 Å². The lowest BCUT2D eigenvalue weighted by Crippen LogP contribution is -2.32. The third-order valence-corrected chi connectivity index (χ3v) is 5.45. The molecule has 4 nitrogen and oxygen atoms in total. The van der Waals surface area contributed by atoms with E-state index in [1.165, 1.54) is 23.9 Å². The largest absolute Gasteiger partial charge is 0.384 e. The van der Waals surface area contributed by atoms with E-state index in [1.807, 2.05) is 24.3 Å². The number of rotatable bonds is 1. The van der Waals surface area contributed by atoms with Crippen LogP contribution in [0.3, 0.4) is 0 Å². The second kappa shape index (κ2) is 5.70. The van der Waals surface area contributed by atoms with E-state index in [1.54, 1.807) is 17.0 Å². The first-order chi connectivity index (χ1) is 12.2. The molecule has 0 saturated heterocycles. The van der Waals surface area contributed by atoms with Crippen molar-refractivity contribution in [3.63, 3.8) is 0 Å². The molecule has 120 valence electrons. The number of benzene rings is 2. The minimum absolute atomic E-state index is 0.296. The molecule has 0 radical (unpaired) electrons. The van der Waals surface area contributed by atoms with Gasteiger partial charge in [0, 0.05) is 4.90 Å². The molecule has 1 unspecified atom stereocenters. The van der Waals surface area contributed by atoms with E-state index >= 15 is 0 Å². The summed E-state index contributed by atoms with van der Waals surface area (Å²) >= 11 is 1.46. The number of thioether (sulfide) groups is 1. The maximum absolute atomic E-state index is 13.3. The van der Waals surface area contributed by atoms with Crippen LogP contribution in [-0.2, 0) is 0 Å². The fourth-order valence-electron chi connectivity index (χ4n) is 3.16. The van der Waals surface area contributed by atoms with Gasteiger partial charge >= 0.3 is 0 Å². The van der Waals surface area contributed by atoms with Crippen molar-refractivity contribution in [1.82, 2.24) is 0 Å². The molecule has 2 aromatic rings. The number of hydrogen-bond acceptors (Lipinski definition) is 5. The Balaban J connectivity index is 1.96. The molecule has 2 aliphatic heterocycles. The highest BCUT2D eigenvalue weighted by Gasteiger charge is 2.40. The summed E-state index contributed by atoms with van der Waals surface area (Å²) in [6.45, 7) is 0. The molecular formula is C19H11FN4S. The predicted octanol–water partition coefficient (Wildman–Crippen LogP) is 3.96. The molecule has 1 atom stereocenters. The van der Waals surface area contributed by atoms with Gasteiger partial charge in [-0.25, -0.2) is 4.39 Å². The topological polar surface area (TPSA) is 76.8 Å². The summed E-state index contributed by atoms with van der Waals surface area (Å²) in [5, 5.41) is 20.2. The molecule has 0 spiro atoms. The number of anilines is 1. The second-order valence-electron chi connectivity index (χ2n) is 5.63. The smallest absolute Gasteiger partial charge is 0.123 e. The third kappa shape index (κ3) is 2.20. The molecular weight excluding hydrogens is 335 g/mol. The second-order valence-corrected chi connectivity index (χ2v) is 6.66. The van der Waals surface area contributed by atoms with Crippen LogP contribution in [0.25, 0.3) is 0 Å². The van der Waals surface area contributed by atoms with Crippen LogP contribution in [0.5, 0.6) is 0 Å². The minimum Gasteiger partial charge on any atom is -0.384 e. The van der Waals surface area contributed by atoms with Crippen molar-refractivity contribution in [1.29, 1.82) is 10.5 Å². The zero-order valence-electron chi connectivity index (χ0n) is 12.9. The van der Waals surface area contributed by atoms with Crippen molar-refractivity contribution < 1.29 is 4.39 Å². The van der Waals surface area contributed by atoms with Crippen molar-refractivity contribution in [3.05, 3.63) is 81.9 Å². The first kappa shape index (κ1) is 15.3. The summed E-state index contributed by atoms with van der Waals surface area (Å²) in [7, 11) is 0. The van der Waals surface area contributed by atoms with Gasteiger partial charge in [0.1, 0.15) is 16.7 Å². The summed E-state index contributed by atoms with van der Waals surface area (Å²) < 4.78 is 13.3. The number of allylic oxidation sites excluding steroid dienone is 2. The average molecular weight is 346 g/mol. The Morgan fingerprint density at radius 1 is 1.00 bits per heavy atom. The molecule has 2 aromatic carbocycles. The molecule has 0 bridgehead atoms. The molecule has 0 aromatic heterocycles. The average Bonchev–Trinajstić information content (AvgIpc) is 3.02. The Kier molecular flexibility index (Phi) is 3.49. The van der Waals surface area contributed by atoms with Gasteiger partial charge in [-0.1, -0.05) is 36.0 Å². The van der Waals surface area contributed by atoms with E-state index in [0.29, 0.717) is 27.6 Å². The molecule has 2 aliphatic rings. The molecule has 2 N–H and O–H groups in total. The highest BCUT2D eigenvalue weighted by atomic mass is 32.2. The number of halogens is 1. The third-order valence-electron chi connectivity index (χ3n) is 4.28. The number of nitrogens with two attached hydrogens (primary N) is 1. The van der Waals surface area contributed by atoms with E-state index in [4.69, 9.17) is 5.73 Å². The Labute approximate surface area is 148 Å². The van der Waals surface area contributed by atoms with E-state index < -0.39 is 5.92 Å². The van der Waals surface area contributed by atoms with Crippen LogP contribution in [0.1, 0.15) is 11.5 Å². The highest BCUT2D eigenvalue weighted by molar-refractivity contribution is 8.03. The molecule has 0 aliphatic carbocycles. The van der Waals surface area contributed by atoms with Crippen LogP contribution in [0, 0.1) is 28.5 Å².